The van der Waals surface area contributed by atoms with Crippen LogP contribution in [0.2, 0.25) is 0 Å². The van der Waals surface area contributed by atoms with Crippen molar-refractivity contribution in [1.29, 1.82) is 0 Å². The van der Waals surface area contributed by atoms with E-state index >= 15 is 0 Å². The van der Waals surface area contributed by atoms with Crippen molar-refractivity contribution < 1.29 is 9.90 Å². The number of benzene rings is 2. The predicted octanol–water partition coefficient (Wildman–Crippen LogP) is 4.02. The van der Waals surface area contributed by atoms with E-state index in [0.29, 0.717) is 5.56 Å². The van der Waals surface area contributed by atoms with E-state index in [4.69, 9.17) is 0 Å². The number of rotatable bonds is 2. The molecular weight excluding hydrogens is 280 g/mol. The first kappa shape index (κ1) is 11.9. The molecule has 0 heterocycles. The predicted molar refractivity (Wildman–Crippen MR) is 71.2 cm³/mol. The van der Waals surface area contributed by atoms with Crippen LogP contribution in [-0.2, 0) is 0 Å². The summed E-state index contributed by atoms with van der Waals surface area (Å²) in [5.41, 5.74) is 2.30. The van der Waals surface area contributed by atoms with Gasteiger partial charge in [0.1, 0.15) is 5.75 Å². The highest BCUT2D eigenvalue weighted by Crippen LogP contribution is 2.31. The molecule has 0 saturated heterocycles. The van der Waals surface area contributed by atoms with Crippen molar-refractivity contribution in [3.8, 4) is 16.9 Å². The largest absolute Gasteiger partial charge is 0.507 e. The quantitative estimate of drug-likeness (QED) is 0.848. The molecule has 0 amide bonds. The number of ketones is 1. The van der Waals surface area contributed by atoms with Crippen LogP contribution in [0.5, 0.6) is 5.75 Å². The van der Waals surface area contributed by atoms with Gasteiger partial charge in [-0.2, -0.15) is 0 Å². The molecule has 0 unspecified atom stereocenters. The maximum Gasteiger partial charge on any atom is 0.159 e. The summed E-state index contributed by atoms with van der Waals surface area (Å²) in [7, 11) is 0. The van der Waals surface area contributed by atoms with E-state index in [9.17, 15) is 9.90 Å². The molecule has 0 aromatic heterocycles. The molecule has 0 aliphatic heterocycles. The molecule has 2 nitrogen and oxygen atoms in total. The lowest BCUT2D eigenvalue weighted by molar-refractivity contribution is 0.101. The molecule has 2 rings (SSSR count). The maximum atomic E-state index is 11.2. The Kier molecular flexibility index (Phi) is 3.29. The van der Waals surface area contributed by atoms with Gasteiger partial charge in [0.25, 0.3) is 0 Å². The fourth-order valence-corrected chi connectivity index (χ4v) is 1.99. The summed E-state index contributed by atoms with van der Waals surface area (Å²) < 4.78 is 0.904. The molecule has 0 atom stereocenters. The van der Waals surface area contributed by atoms with Crippen LogP contribution in [0.1, 0.15) is 17.3 Å². The molecule has 0 saturated carbocycles. The van der Waals surface area contributed by atoms with Crippen molar-refractivity contribution >= 4 is 21.7 Å². The van der Waals surface area contributed by atoms with Crippen molar-refractivity contribution in [3.63, 3.8) is 0 Å². The lowest BCUT2D eigenvalue weighted by atomic mass is 10.0. The molecule has 1 N–H and O–H groups in total. The highest BCUT2D eigenvalue weighted by atomic mass is 79.9. The minimum atomic E-state index is 0.0371. The third-order valence-electron chi connectivity index (χ3n) is 2.56. The first-order chi connectivity index (χ1) is 8.08. The van der Waals surface area contributed by atoms with Crippen LogP contribution in [0.15, 0.2) is 46.9 Å². The zero-order valence-electron chi connectivity index (χ0n) is 9.27. The number of aromatic hydroxyl groups is 1. The Morgan fingerprint density at radius 1 is 1.12 bits per heavy atom. The molecule has 0 radical (unpaired) electrons. The van der Waals surface area contributed by atoms with Crippen molar-refractivity contribution in [2.75, 3.05) is 0 Å². The highest BCUT2D eigenvalue weighted by molar-refractivity contribution is 9.10. The van der Waals surface area contributed by atoms with Crippen LogP contribution in [0.4, 0.5) is 0 Å². The van der Waals surface area contributed by atoms with Gasteiger partial charge in [0.15, 0.2) is 5.78 Å². The maximum absolute atomic E-state index is 11.2. The normalized spacial score (nSPS) is 10.2. The van der Waals surface area contributed by atoms with E-state index in [0.717, 1.165) is 15.6 Å². The van der Waals surface area contributed by atoms with Gasteiger partial charge in [0.05, 0.1) is 0 Å². The molecule has 0 bridgehead atoms. The summed E-state index contributed by atoms with van der Waals surface area (Å²) in [6, 6.07) is 12.5. The minimum absolute atomic E-state index is 0.0371. The minimum Gasteiger partial charge on any atom is -0.507 e. The van der Waals surface area contributed by atoms with Gasteiger partial charge in [0.2, 0.25) is 0 Å². The molecule has 0 fully saturated rings. The molecule has 0 aliphatic rings. The molecule has 86 valence electrons. The van der Waals surface area contributed by atoms with E-state index in [1.165, 1.54) is 6.92 Å². The summed E-state index contributed by atoms with van der Waals surface area (Å²) in [5, 5.41) is 9.78. The zero-order chi connectivity index (χ0) is 12.4. The second kappa shape index (κ2) is 4.72. The van der Waals surface area contributed by atoms with Gasteiger partial charge < -0.3 is 5.11 Å². The number of carbonyl (C=O) groups is 1. The first-order valence-electron chi connectivity index (χ1n) is 5.18. The fraction of sp³-hybridized carbons (Fsp3) is 0.0714. The number of hydrogen-bond donors (Lipinski definition) is 1. The lowest BCUT2D eigenvalue weighted by Gasteiger charge is -2.06. The van der Waals surface area contributed by atoms with Crippen LogP contribution < -0.4 is 0 Å². The molecule has 3 heteroatoms. The third-order valence-corrected chi connectivity index (χ3v) is 3.05. The Hall–Kier alpha value is -1.61. The Labute approximate surface area is 108 Å². The second-order valence-electron chi connectivity index (χ2n) is 3.80. The molecule has 2 aromatic rings. The van der Waals surface area contributed by atoms with E-state index in [1.54, 1.807) is 24.3 Å². The number of phenolic OH excluding ortho intramolecular Hbond substituents is 1. The third kappa shape index (κ3) is 2.56. The number of halogens is 1. The van der Waals surface area contributed by atoms with Gasteiger partial charge in [-0.25, -0.2) is 0 Å². The molecule has 0 aliphatic carbocycles. The summed E-state index contributed by atoms with van der Waals surface area (Å²) in [6.07, 6.45) is 0. The summed E-state index contributed by atoms with van der Waals surface area (Å²) >= 11 is 3.37. The van der Waals surface area contributed by atoms with Crippen LogP contribution in [0, 0.1) is 0 Å². The van der Waals surface area contributed by atoms with E-state index in [-0.39, 0.29) is 11.5 Å². The molecule has 17 heavy (non-hydrogen) atoms. The Balaban J connectivity index is 2.46. The van der Waals surface area contributed by atoms with E-state index < -0.39 is 0 Å². The van der Waals surface area contributed by atoms with Gasteiger partial charge in [-0.1, -0.05) is 40.2 Å². The fourth-order valence-electron chi connectivity index (χ4n) is 1.62. The summed E-state index contributed by atoms with van der Waals surface area (Å²) in [4.78, 5) is 11.2. The summed E-state index contributed by atoms with van der Waals surface area (Å²) in [5.74, 6) is 0.263. The van der Waals surface area contributed by atoms with Crippen LogP contribution in [-0.4, -0.2) is 10.9 Å². The van der Waals surface area contributed by atoms with Gasteiger partial charge in [-0.15, -0.1) is 0 Å². The lowest BCUT2D eigenvalue weighted by Crippen LogP contribution is -1.90. The Bertz CT molecular complexity index is 559. The number of hydrogen-bond acceptors (Lipinski definition) is 2. The second-order valence-corrected chi connectivity index (χ2v) is 4.71. The van der Waals surface area contributed by atoms with Crippen molar-refractivity contribution in [2.45, 2.75) is 6.92 Å². The van der Waals surface area contributed by atoms with Crippen LogP contribution in [0.25, 0.3) is 11.1 Å². The average molecular weight is 291 g/mol. The Morgan fingerprint density at radius 3 is 2.35 bits per heavy atom. The van der Waals surface area contributed by atoms with E-state index in [2.05, 4.69) is 15.9 Å². The molecule has 0 spiro atoms. The SMILES string of the molecule is CC(=O)c1ccc(-c2cc(Br)ccc2O)cc1. The number of phenols is 1. The smallest absolute Gasteiger partial charge is 0.159 e. The van der Waals surface area contributed by atoms with Gasteiger partial charge in [-0.3, -0.25) is 4.79 Å². The topological polar surface area (TPSA) is 37.3 Å². The Morgan fingerprint density at radius 2 is 1.76 bits per heavy atom. The monoisotopic (exact) mass is 290 g/mol. The highest BCUT2D eigenvalue weighted by Gasteiger charge is 2.06. The van der Waals surface area contributed by atoms with Crippen molar-refractivity contribution in [1.82, 2.24) is 0 Å². The van der Waals surface area contributed by atoms with Gasteiger partial charge >= 0.3 is 0 Å². The van der Waals surface area contributed by atoms with Gasteiger partial charge in [0, 0.05) is 15.6 Å². The molecular formula is C14H11BrO2. The molecule has 2 aromatic carbocycles. The van der Waals surface area contributed by atoms with Crippen LogP contribution in [0.3, 0.4) is 0 Å². The average Bonchev–Trinajstić information content (AvgIpc) is 2.32. The first-order valence-corrected chi connectivity index (χ1v) is 5.97. The van der Waals surface area contributed by atoms with E-state index in [1.807, 2.05) is 18.2 Å². The summed E-state index contributed by atoms with van der Waals surface area (Å²) in [6.45, 7) is 1.53. The van der Waals surface area contributed by atoms with Crippen LogP contribution >= 0.6 is 15.9 Å². The number of carbonyl (C=O) groups excluding carboxylic acids is 1. The van der Waals surface area contributed by atoms with Gasteiger partial charge in [-0.05, 0) is 30.7 Å². The zero-order valence-corrected chi connectivity index (χ0v) is 10.9. The van der Waals surface area contributed by atoms with Crippen molar-refractivity contribution in [2.24, 2.45) is 0 Å². The standard InChI is InChI=1S/C14H11BrO2/c1-9(16)10-2-4-11(5-3-10)13-8-12(15)6-7-14(13)17/h2-8,17H,1H3. The number of Topliss-reactive ketones (excluding diaryl/α,β-unsaturated/α-hetero) is 1. The van der Waals surface area contributed by atoms with Crippen molar-refractivity contribution in [3.05, 3.63) is 52.5 Å².